The van der Waals surface area contributed by atoms with Crippen molar-refractivity contribution in [2.24, 2.45) is 11.8 Å². The third-order valence-corrected chi connectivity index (χ3v) is 9.75. The van der Waals surface area contributed by atoms with E-state index in [1.54, 1.807) is 20.8 Å². The number of rotatable bonds is 6. The number of hydrogen-bond acceptors (Lipinski definition) is 5. The summed E-state index contributed by atoms with van der Waals surface area (Å²) in [5, 5.41) is 0. The normalized spacial score (nSPS) is 26.8. The second-order valence-corrected chi connectivity index (χ2v) is 13.7. The minimum absolute atomic E-state index is 0.00147. The maximum absolute atomic E-state index is 12.8. The van der Waals surface area contributed by atoms with Crippen molar-refractivity contribution >= 4 is 21.5 Å². The van der Waals surface area contributed by atoms with Gasteiger partial charge in [0.2, 0.25) is 0 Å². The van der Waals surface area contributed by atoms with Crippen LogP contribution in [0.3, 0.4) is 0 Å². The fourth-order valence-corrected chi connectivity index (χ4v) is 6.30. The molecule has 0 aromatic heterocycles. The minimum atomic E-state index is -3.13. The first-order chi connectivity index (χ1) is 15.4. The summed E-state index contributed by atoms with van der Waals surface area (Å²) in [4.78, 5) is 27.5. The maximum Gasteiger partial charge on any atom is 0.254 e. The summed E-state index contributed by atoms with van der Waals surface area (Å²) in [6.45, 7) is 10.4. The number of carbonyl (C=O) groups excluding carboxylic acids is 2. The largest absolute Gasteiger partial charge is 0.372 e. The lowest BCUT2D eigenvalue weighted by molar-refractivity contribution is -0.123. The van der Waals surface area contributed by atoms with Crippen molar-refractivity contribution < 1.29 is 22.7 Å². The van der Waals surface area contributed by atoms with Gasteiger partial charge in [0, 0.05) is 31.0 Å². The second kappa shape index (κ2) is 10.3. The van der Waals surface area contributed by atoms with Crippen molar-refractivity contribution in [3.05, 3.63) is 35.4 Å². The van der Waals surface area contributed by atoms with Gasteiger partial charge in [-0.1, -0.05) is 12.1 Å². The molecule has 184 valence electrons. The van der Waals surface area contributed by atoms with Gasteiger partial charge in [0.15, 0.2) is 9.84 Å². The molecule has 6 nitrogen and oxygen atoms in total. The Morgan fingerprint density at radius 3 is 2.03 bits per heavy atom. The number of carbonyl (C=O) groups is 2. The van der Waals surface area contributed by atoms with Crippen molar-refractivity contribution in [1.29, 1.82) is 0 Å². The van der Waals surface area contributed by atoms with E-state index in [-0.39, 0.29) is 41.5 Å². The standard InChI is InChI=1S/C26H39NO5S/c1-18-15-27(16-19(2)32-18)25(29)23-12-6-20(7-13-23)14-24(28)22-10-8-21(9-11-22)17-33(30,31)26(3,4)5/h6-7,12-13,18-19,21-22H,8-11,14-17H2,1-5H3/t18-,19+,21?,22?. The van der Waals surface area contributed by atoms with Gasteiger partial charge in [-0.05, 0) is 83.9 Å². The van der Waals surface area contributed by atoms with Crippen molar-refractivity contribution in [2.75, 3.05) is 18.8 Å². The van der Waals surface area contributed by atoms with E-state index in [1.165, 1.54) is 0 Å². The van der Waals surface area contributed by atoms with Crippen LogP contribution >= 0.6 is 0 Å². The molecule has 1 aliphatic carbocycles. The predicted octanol–water partition coefficient (Wildman–Crippen LogP) is 4.07. The predicted molar refractivity (Wildman–Crippen MR) is 130 cm³/mol. The van der Waals surface area contributed by atoms with Gasteiger partial charge in [-0.3, -0.25) is 9.59 Å². The molecule has 3 rings (SSSR count). The first kappa shape index (κ1) is 25.9. The molecule has 0 N–H and O–H groups in total. The molecule has 2 aliphatic rings. The number of morpholine rings is 1. The zero-order valence-electron chi connectivity index (χ0n) is 20.7. The Morgan fingerprint density at radius 2 is 1.52 bits per heavy atom. The molecule has 0 bridgehead atoms. The van der Waals surface area contributed by atoms with E-state index in [1.807, 2.05) is 43.0 Å². The van der Waals surface area contributed by atoms with Gasteiger partial charge in [0.1, 0.15) is 5.78 Å². The molecule has 2 fully saturated rings. The van der Waals surface area contributed by atoms with E-state index in [2.05, 4.69) is 0 Å². The minimum Gasteiger partial charge on any atom is -0.372 e. The average Bonchev–Trinajstić information content (AvgIpc) is 2.72. The summed E-state index contributed by atoms with van der Waals surface area (Å²) in [5.41, 5.74) is 1.55. The van der Waals surface area contributed by atoms with Crippen LogP contribution in [0.4, 0.5) is 0 Å². The molecule has 1 heterocycles. The number of ether oxygens (including phenoxy) is 1. The van der Waals surface area contributed by atoms with Crippen LogP contribution in [0.25, 0.3) is 0 Å². The number of Topliss-reactive ketones (excluding diaryl/α,β-unsaturated/α-hetero) is 1. The summed E-state index contributed by atoms with van der Waals surface area (Å²) in [6, 6.07) is 7.37. The molecule has 33 heavy (non-hydrogen) atoms. The van der Waals surface area contributed by atoms with Crippen LogP contribution in [0.15, 0.2) is 24.3 Å². The Balaban J connectivity index is 1.51. The van der Waals surface area contributed by atoms with Crippen molar-refractivity contribution in [1.82, 2.24) is 4.90 Å². The van der Waals surface area contributed by atoms with Gasteiger partial charge < -0.3 is 9.64 Å². The first-order valence-electron chi connectivity index (χ1n) is 12.1. The molecule has 1 amide bonds. The van der Waals surface area contributed by atoms with Crippen LogP contribution in [0.5, 0.6) is 0 Å². The third-order valence-electron chi connectivity index (χ3n) is 6.98. The molecule has 1 aromatic carbocycles. The van der Waals surface area contributed by atoms with E-state index in [0.29, 0.717) is 25.1 Å². The Hall–Kier alpha value is -1.73. The number of sulfone groups is 1. The molecule has 1 saturated heterocycles. The topological polar surface area (TPSA) is 80.8 Å². The van der Waals surface area contributed by atoms with Gasteiger partial charge >= 0.3 is 0 Å². The molecule has 1 saturated carbocycles. The van der Waals surface area contributed by atoms with Crippen molar-refractivity contribution in [3.8, 4) is 0 Å². The Bertz CT molecular complexity index is 930. The fraction of sp³-hybridized carbons (Fsp3) is 0.692. The molecule has 1 aliphatic heterocycles. The lowest BCUT2D eigenvalue weighted by Crippen LogP contribution is -2.48. The number of benzene rings is 1. The van der Waals surface area contributed by atoms with E-state index in [4.69, 9.17) is 4.74 Å². The van der Waals surface area contributed by atoms with Crippen LogP contribution in [0.2, 0.25) is 0 Å². The highest BCUT2D eigenvalue weighted by Gasteiger charge is 2.34. The van der Waals surface area contributed by atoms with Crippen LogP contribution in [0, 0.1) is 11.8 Å². The zero-order chi connectivity index (χ0) is 24.4. The number of amides is 1. The Kier molecular flexibility index (Phi) is 8.05. The average molecular weight is 478 g/mol. The molecular formula is C26H39NO5S. The molecule has 7 heteroatoms. The summed E-state index contributed by atoms with van der Waals surface area (Å²) in [6.07, 6.45) is 3.50. The van der Waals surface area contributed by atoms with Crippen molar-refractivity contribution in [3.63, 3.8) is 0 Å². The monoisotopic (exact) mass is 477 g/mol. The van der Waals surface area contributed by atoms with Gasteiger partial charge in [-0.2, -0.15) is 0 Å². The lowest BCUT2D eigenvalue weighted by atomic mass is 9.79. The maximum atomic E-state index is 12.8. The highest BCUT2D eigenvalue weighted by Crippen LogP contribution is 2.33. The smallest absolute Gasteiger partial charge is 0.254 e. The highest BCUT2D eigenvalue weighted by molar-refractivity contribution is 7.92. The van der Waals surface area contributed by atoms with E-state index < -0.39 is 14.6 Å². The number of ketones is 1. The molecule has 1 aromatic rings. The van der Waals surface area contributed by atoms with Crippen LogP contribution in [0.1, 0.15) is 76.2 Å². The number of nitrogens with zero attached hydrogens (tertiary/aromatic N) is 1. The van der Waals surface area contributed by atoms with Gasteiger partial charge in [0.25, 0.3) is 5.91 Å². The molecule has 0 spiro atoms. The Morgan fingerprint density at radius 1 is 0.970 bits per heavy atom. The van der Waals surface area contributed by atoms with Gasteiger partial charge in [-0.25, -0.2) is 8.42 Å². The van der Waals surface area contributed by atoms with Crippen LogP contribution in [-0.4, -0.2) is 60.8 Å². The van der Waals surface area contributed by atoms with E-state index >= 15 is 0 Å². The summed E-state index contributed by atoms with van der Waals surface area (Å²) in [7, 11) is -3.13. The van der Waals surface area contributed by atoms with E-state index in [0.717, 1.165) is 31.2 Å². The molecule has 2 atom stereocenters. The molecule has 0 unspecified atom stereocenters. The third kappa shape index (κ3) is 6.66. The lowest BCUT2D eigenvalue weighted by Gasteiger charge is -2.35. The summed E-state index contributed by atoms with van der Waals surface area (Å²) in [5.74, 6) is 0.569. The molecular weight excluding hydrogens is 438 g/mol. The summed E-state index contributed by atoms with van der Waals surface area (Å²) < 4.78 is 29.9. The molecule has 0 radical (unpaired) electrons. The fourth-order valence-electron chi connectivity index (χ4n) is 4.85. The summed E-state index contributed by atoms with van der Waals surface area (Å²) >= 11 is 0. The quantitative estimate of drug-likeness (QED) is 0.617. The second-order valence-electron chi connectivity index (χ2n) is 10.9. The van der Waals surface area contributed by atoms with Crippen LogP contribution in [-0.2, 0) is 25.8 Å². The SMILES string of the molecule is C[C@@H]1CN(C(=O)c2ccc(CC(=O)C3CCC(CS(=O)(=O)C(C)(C)C)CC3)cc2)C[C@H](C)O1. The highest BCUT2D eigenvalue weighted by atomic mass is 32.2. The Labute approximate surface area is 199 Å². The van der Waals surface area contributed by atoms with Crippen molar-refractivity contribution in [2.45, 2.75) is 83.7 Å². The van der Waals surface area contributed by atoms with Gasteiger partial charge in [-0.15, -0.1) is 0 Å². The zero-order valence-corrected chi connectivity index (χ0v) is 21.5. The van der Waals surface area contributed by atoms with E-state index in [9.17, 15) is 18.0 Å². The van der Waals surface area contributed by atoms with Crippen LogP contribution < -0.4 is 0 Å². The first-order valence-corrected chi connectivity index (χ1v) is 13.8. The number of hydrogen-bond donors (Lipinski definition) is 0. The van der Waals surface area contributed by atoms with Gasteiger partial charge in [0.05, 0.1) is 22.7 Å².